The van der Waals surface area contributed by atoms with Gasteiger partial charge < -0.3 is 9.47 Å². The van der Waals surface area contributed by atoms with Gasteiger partial charge in [0.05, 0.1) is 17.7 Å². The van der Waals surface area contributed by atoms with E-state index in [4.69, 9.17) is 0 Å². The quantitative estimate of drug-likeness (QED) is 0.725. The Hall–Kier alpha value is -2.95. The Bertz CT molecular complexity index is 827. The number of aromatic nitrogens is 3. The number of aryl methyl sites for hydroxylation is 1. The molecule has 0 spiro atoms. The second kappa shape index (κ2) is 7.08. The normalized spacial score (nSPS) is 10.6. The molecule has 0 saturated carbocycles. The Morgan fingerprint density at radius 2 is 2.08 bits per heavy atom. The van der Waals surface area contributed by atoms with Gasteiger partial charge in [0, 0.05) is 37.2 Å². The van der Waals surface area contributed by atoms with E-state index in [0.717, 1.165) is 16.9 Å². The summed E-state index contributed by atoms with van der Waals surface area (Å²) in [5.74, 6) is -0.0129. The number of nitrogens with zero attached hydrogens (tertiary/aromatic N) is 4. The smallest absolute Gasteiger partial charge is 0.258 e. The van der Waals surface area contributed by atoms with Crippen LogP contribution in [0.15, 0.2) is 61.3 Å². The maximum Gasteiger partial charge on any atom is 0.258 e. The van der Waals surface area contributed by atoms with Gasteiger partial charge in [-0.25, -0.2) is 4.98 Å². The Labute approximate surface area is 141 Å². The van der Waals surface area contributed by atoms with E-state index in [1.54, 1.807) is 23.6 Å². The third-order valence-electron chi connectivity index (χ3n) is 3.93. The van der Waals surface area contributed by atoms with Gasteiger partial charge in [-0.05, 0) is 43.7 Å². The summed E-state index contributed by atoms with van der Waals surface area (Å²) in [4.78, 5) is 23.1. The van der Waals surface area contributed by atoms with Crippen molar-refractivity contribution in [1.82, 2.24) is 14.5 Å². The summed E-state index contributed by atoms with van der Waals surface area (Å²) in [7, 11) is 0. The molecule has 5 heteroatoms. The Morgan fingerprint density at radius 3 is 2.79 bits per heavy atom. The molecule has 0 atom stereocenters. The Kier molecular flexibility index (Phi) is 4.70. The minimum absolute atomic E-state index is 0.0129. The van der Waals surface area contributed by atoms with Crippen LogP contribution in [0.25, 0.3) is 0 Å². The van der Waals surface area contributed by atoms with Gasteiger partial charge in [0.15, 0.2) is 0 Å². The van der Waals surface area contributed by atoms with Gasteiger partial charge in [0.2, 0.25) is 0 Å². The number of imidazole rings is 1. The molecule has 122 valence electrons. The molecule has 2 heterocycles. The number of benzene rings is 1. The Morgan fingerprint density at radius 1 is 1.21 bits per heavy atom. The van der Waals surface area contributed by atoms with Crippen molar-refractivity contribution in [2.45, 2.75) is 20.4 Å². The van der Waals surface area contributed by atoms with Crippen LogP contribution in [0.2, 0.25) is 0 Å². The summed E-state index contributed by atoms with van der Waals surface area (Å²) in [5, 5.41) is 0. The number of hydrogen-bond donors (Lipinski definition) is 0. The first-order chi connectivity index (χ1) is 11.7. The van der Waals surface area contributed by atoms with E-state index in [2.05, 4.69) is 9.97 Å². The van der Waals surface area contributed by atoms with Gasteiger partial charge in [-0.3, -0.25) is 9.78 Å². The molecule has 0 fully saturated rings. The molecule has 0 aliphatic carbocycles. The van der Waals surface area contributed by atoms with E-state index in [0.29, 0.717) is 18.7 Å². The zero-order valence-electron chi connectivity index (χ0n) is 13.9. The van der Waals surface area contributed by atoms with Crippen molar-refractivity contribution in [2.75, 3.05) is 11.4 Å². The van der Waals surface area contributed by atoms with Gasteiger partial charge in [0.1, 0.15) is 0 Å². The zero-order valence-corrected chi connectivity index (χ0v) is 13.9. The summed E-state index contributed by atoms with van der Waals surface area (Å²) in [5.41, 5.74) is 3.45. The van der Waals surface area contributed by atoms with Crippen LogP contribution in [0, 0.1) is 6.92 Å². The van der Waals surface area contributed by atoms with E-state index >= 15 is 0 Å². The van der Waals surface area contributed by atoms with Crippen molar-refractivity contribution in [1.29, 1.82) is 0 Å². The predicted octanol–water partition coefficient (Wildman–Crippen LogP) is 3.30. The van der Waals surface area contributed by atoms with Crippen molar-refractivity contribution in [3.63, 3.8) is 0 Å². The monoisotopic (exact) mass is 320 g/mol. The third-order valence-corrected chi connectivity index (χ3v) is 3.93. The molecule has 1 amide bonds. The van der Waals surface area contributed by atoms with Crippen molar-refractivity contribution in [3.05, 3.63) is 78.1 Å². The van der Waals surface area contributed by atoms with Crippen LogP contribution >= 0.6 is 0 Å². The molecular formula is C19H20N4O. The average molecular weight is 320 g/mol. The third kappa shape index (κ3) is 3.35. The number of anilines is 1. The van der Waals surface area contributed by atoms with Gasteiger partial charge in [-0.15, -0.1) is 0 Å². The maximum absolute atomic E-state index is 13.0. The van der Waals surface area contributed by atoms with E-state index in [9.17, 15) is 4.79 Å². The lowest BCUT2D eigenvalue weighted by atomic mass is 10.1. The van der Waals surface area contributed by atoms with Crippen LogP contribution in [-0.2, 0) is 6.54 Å². The first-order valence-electron chi connectivity index (χ1n) is 7.97. The summed E-state index contributed by atoms with van der Waals surface area (Å²) in [6, 6.07) is 11.5. The molecule has 3 aromatic rings. The fraction of sp³-hybridized carbons (Fsp3) is 0.211. The molecule has 5 nitrogen and oxygen atoms in total. The minimum Gasteiger partial charge on any atom is -0.333 e. The number of amides is 1. The number of carbonyl (C=O) groups is 1. The highest BCUT2D eigenvalue weighted by atomic mass is 16.2. The van der Waals surface area contributed by atoms with Crippen LogP contribution in [0.3, 0.4) is 0 Å². The lowest BCUT2D eigenvalue weighted by Crippen LogP contribution is -2.31. The highest BCUT2D eigenvalue weighted by molar-refractivity contribution is 6.06. The highest BCUT2D eigenvalue weighted by Crippen LogP contribution is 2.20. The van der Waals surface area contributed by atoms with Crippen LogP contribution in [0.4, 0.5) is 5.69 Å². The summed E-state index contributed by atoms with van der Waals surface area (Å²) >= 11 is 0. The average Bonchev–Trinajstić information content (AvgIpc) is 3.10. The topological polar surface area (TPSA) is 51.0 Å². The number of rotatable bonds is 5. The van der Waals surface area contributed by atoms with E-state index in [-0.39, 0.29) is 5.91 Å². The number of carbonyl (C=O) groups excluding carboxylic acids is 1. The fourth-order valence-corrected chi connectivity index (χ4v) is 2.73. The molecule has 0 aliphatic heterocycles. The molecule has 3 rings (SSSR count). The van der Waals surface area contributed by atoms with Crippen molar-refractivity contribution < 1.29 is 4.79 Å². The molecule has 1 aromatic carbocycles. The van der Waals surface area contributed by atoms with E-state index in [1.807, 2.05) is 61.0 Å². The lowest BCUT2D eigenvalue weighted by molar-refractivity contribution is 0.0988. The van der Waals surface area contributed by atoms with Crippen molar-refractivity contribution in [3.8, 4) is 0 Å². The standard InChI is InChI=1S/C19H20N4O/c1-3-23(18-8-5-9-21-15(18)2)19(24)17-7-4-6-16(12-17)13-22-11-10-20-14-22/h4-12,14H,3,13H2,1-2H3. The molecule has 2 aromatic heterocycles. The van der Waals surface area contributed by atoms with Gasteiger partial charge >= 0.3 is 0 Å². The number of hydrogen-bond acceptors (Lipinski definition) is 3. The van der Waals surface area contributed by atoms with Crippen molar-refractivity contribution >= 4 is 11.6 Å². The minimum atomic E-state index is -0.0129. The van der Waals surface area contributed by atoms with Crippen LogP contribution in [0.5, 0.6) is 0 Å². The first kappa shape index (κ1) is 15.9. The fourth-order valence-electron chi connectivity index (χ4n) is 2.73. The largest absolute Gasteiger partial charge is 0.333 e. The van der Waals surface area contributed by atoms with Crippen molar-refractivity contribution in [2.24, 2.45) is 0 Å². The van der Waals surface area contributed by atoms with Gasteiger partial charge in [-0.1, -0.05) is 12.1 Å². The summed E-state index contributed by atoms with van der Waals surface area (Å²) in [6.45, 7) is 5.18. The first-order valence-corrected chi connectivity index (χ1v) is 7.97. The summed E-state index contributed by atoms with van der Waals surface area (Å²) in [6.07, 6.45) is 7.17. The number of pyridine rings is 1. The van der Waals surface area contributed by atoms with Crippen LogP contribution in [0.1, 0.15) is 28.5 Å². The molecule has 24 heavy (non-hydrogen) atoms. The molecule has 0 unspecified atom stereocenters. The molecular weight excluding hydrogens is 300 g/mol. The molecule has 0 bridgehead atoms. The molecule has 0 aliphatic rings. The van der Waals surface area contributed by atoms with Crippen LogP contribution in [-0.4, -0.2) is 27.0 Å². The van der Waals surface area contributed by atoms with Crippen LogP contribution < -0.4 is 4.90 Å². The highest BCUT2D eigenvalue weighted by Gasteiger charge is 2.18. The Balaban J connectivity index is 1.87. The van der Waals surface area contributed by atoms with E-state index < -0.39 is 0 Å². The summed E-state index contributed by atoms with van der Waals surface area (Å²) < 4.78 is 1.98. The molecule has 0 N–H and O–H groups in total. The second-order valence-electron chi connectivity index (χ2n) is 5.59. The second-order valence-corrected chi connectivity index (χ2v) is 5.59. The SMILES string of the molecule is CCN(C(=O)c1cccc(Cn2ccnc2)c1)c1cccnc1C. The zero-order chi connectivity index (χ0) is 16.9. The molecule has 0 saturated heterocycles. The lowest BCUT2D eigenvalue weighted by Gasteiger charge is -2.22. The molecule has 0 radical (unpaired) electrons. The van der Waals surface area contributed by atoms with Gasteiger partial charge in [-0.2, -0.15) is 0 Å². The maximum atomic E-state index is 13.0. The van der Waals surface area contributed by atoms with E-state index in [1.165, 1.54) is 0 Å². The predicted molar refractivity (Wildman–Crippen MR) is 94.1 cm³/mol. The van der Waals surface area contributed by atoms with Gasteiger partial charge in [0.25, 0.3) is 5.91 Å².